The van der Waals surface area contributed by atoms with Gasteiger partial charge in [-0.3, -0.25) is 9.78 Å². The molecule has 0 aliphatic heterocycles. The van der Waals surface area contributed by atoms with E-state index < -0.39 is 0 Å². The van der Waals surface area contributed by atoms with Gasteiger partial charge in [-0.2, -0.15) is 0 Å². The molecule has 1 aromatic heterocycles. The van der Waals surface area contributed by atoms with Gasteiger partial charge in [0.05, 0.1) is 11.2 Å². The number of benzene rings is 3. The monoisotopic (exact) mass is 488 g/mol. The number of fused-ring (bicyclic) bond motifs is 1. The number of aromatic nitrogens is 1. The number of amides is 1. The first kappa shape index (κ1) is 25.0. The van der Waals surface area contributed by atoms with Crippen LogP contribution in [0.4, 0.5) is 5.69 Å². The van der Waals surface area contributed by atoms with Gasteiger partial charge in [0.25, 0.3) is 5.91 Å². The number of para-hydroxylation sites is 1. The Bertz CT molecular complexity index is 1400. The Morgan fingerprint density at radius 2 is 1.57 bits per heavy atom. The molecule has 8 rings (SSSR count). The second-order valence-electron chi connectivity index (χ2n) is 10.1. The predicted molar refractivity (Wildman–Crippen MR) is 154 cm³/mol. The predicted octanol–water partition coefficient (Wildman–Crippen LogP) is 8.05. The standard InChI is InChI=1S/C34H36N2O/c1-2-3-4-5-6-7-12-30-27-20-18-25-14-16-26(17-15-25)19-21-28(23-22-27)32(30)34(37)36-31-13-8-10-29-11-9-24-35-33(29)31/h6-11,13-17,22-24H,2-5,12,18-21H2,1H3,(H,36,37)/b7-6+. The number of carbonyl (C=O) groups excluding carboxylic acids is 1. The summed E-state index contributed by atoms with van der Waals surface area (Å²) in [5.41, 5.74) is 8.65. The Kier molecular flexibility index (Phi) is 8.10. The first-order valence-corrected chi connectivity index (χ1v) is 13.7. The highest BCUT2D eigenvalue weighted by Gasteiger charge is 2.21. The number of allylic oxidation sites excluding steroid dienone is 2. The number of pyridine rings is 1. The molecule has 4 aromatic rings. The van der Waals surface area contributed by atoms with Gasteiger partial charge in [0.2, 0.25) is 0 Å². The molecular weight excluding hydrogens is 452 g/mol. The van der Waals surface area contributed by atoms with E-state index in [-0.39, 0.29) is 5.91 Å². The van der Waals surface area contributed by atoms with Gasteiger partial charge in [0.1, 0.15) is 0 Å². The molecule has 0 unspecified atom stereocenters. The number of unbranched alkanes of at least 4 members (excludes halogenated alkanes) is 3. The van der Waals surface area contributed by atoms with Gasteiger partial charge >= 0.3 is 0 Å². The molecule has 0 spiro atoms. The van der Waals surface area contributed by atoms with E-state index in [2.05, 4.69) is 65.8 Å². The maximum absolute atomic E-state index is 14.0. The highest BCUT2D eigenvalue weighted by Crippen LogP contribution is 2.28. The van der Waals surface area contributed by atoms with Gasteiger partial charge in [-0.15, -0.1) is 0 Å². The highest BCUT2D eigenvalue weighted by atomic mass is 16.1. The average Bonchev–Trinajstić information content (AvgIpc) is 2.92. The first-order chi connectivity index (χ1) is 18.2. The van der Waals surface area contributed by atoms with Crippen LogP contribution >= 0.6 is 0 Å². The summed E-state index contributed by atoms with van der Waals surface area (Å²) in [6.07, 6.45) is 15.6. The average molecular weight is 489 g/mol. The van der Waals surface area contributed by atoms with Crippen LogP contribution in [0.2, 0.25) is 0 Å². The number of anilines is 1. The van der Waals surface area contributed by atoms with Crippen molar-refractivity contribution in [1.29, 1.82) is 0 Å². The van der Waals surface area contributed by atoms with Crippen molar-refractivity contribution in [2.45, 2.75) is 64.7 Å². The number of aryl methyl sites for hydroxylation is 4. The summed E-state index contributed by atoms with van der Waals surface area (Å²) in [6.45, 7) is 2.24. The van der Waals surface area contributed by atoms with Gasteiger partial charge in [-0.05, 0) is 84.9 Å². The van der Waals surface area contributed by atoms with E-state index in [1.54, 1.807) is 6.20 Å². The summed E-state index contributed by atoms with van der Waals surface area (Å²) < 4.78 is 0. The molecule has 1 amide bonds. The lowest BCUT2D eigenvalue weighted by atomic mass is 9.87. The molecule has 0 atom stereocenters. The Hall–Kier alpha value is -3.72. The smallest absolute Gasteiger partial charge is 0.256 e. The molecule has 3 aromatic carbocycles. The minimum atomic E-state index is -0.0321. The molecule has 1 N–H and O–H groups in total. The molecule has 0 radical (unpaired) electrons. The van der Waals surface area contributed by atoms with Crippen molar-refractivity contribution in [2.75, 3.05) is 5.32 Å². The van der Waals surface area contributed by atoms with Crippen LogP contribution in [-0.2, 0) is 32.1 Å². The number of rotatable bonds is 8. The molecule has 3 nitrogen and oxygen atoms in total. The zero-order valence-electron chi connectivity index (χ0n) is 21.8. The van der Waals surface area contributed by atoms with Gasteiger partial charge in [0, 0.05) is 17.1 Å². The van der Waals surface area contributed by atoms with E-state index >= 15 is 0 Å². The number of hydrogen-bond donors (Lipinski definition) is 1. The topological polar surface area (TPSA) is 42.0 Å². The van der Waals surface area contributed by atoms with Crippen molar-refractivity contribution in [1.82, 2.24) is 4.98 Å². The summed E-state index contributed by atoms with van der Waals surface area (Å²) in [6, 6.07) is 23.4. The second kappa shape index (κ2) is 12.0. The van der Waals surface area contributed by atoms with E-state index in [4.69, 9.17) is 0 Å². The molecule has 1 heterocycles. The van der Waals surface area contributed by atoms with Crippen LogP contribution in [0.1, 0.15) is 70.8 Å². The third-order valence-electron chi connectivity index (χ3n) is 7.46. The zero-order valence-corrected chi connectivity index (χ0v) is 21.8. The van der Waals surface area contributed by atoms with Crippen molar-refractivity contribution in [2.24, 2.45) is 0 Å². The van der Waals surface area contributed by atoms with Crippen LogP contribution in [0.3, 0.4) is 0 Å². The molecule has 4 bridgehead atoms. The van der Waals surface area contributed by atoms with E-state index in [0.29, 0.717) is 0 Å². The Balaban J connectivity index is 1.52. The van der Waals surface area contributed by atoms with Crippen molar-refractivity contribution in [3.05, 3.63) is 118 Å². The van der Waals surface area contributed by atoms with Crippen LogP contribution in [0.25, 0.3) is 10.9 Å². The van der Waals surface area contributed by atoms with Crippen molar-refractivity contribution >= 4 is 22.5 Å². The number of hydrogen-bond acceptors (Lipinski definition) is 2. The second-order valence-corrected chi connectivity index (χ2v) is 10.1. The minimum Gasteiger partial charge on any atom is -0.320 e. The quantitative estimate of drug-likeness (QED) is 0.201. The van der Waals surface area contributed by atoms with E-state index in [9.17, 15) is 4.79 Å². The van der Waals surface area contributed by atoms with Crippen LogP contribution in [0.5, 0.6) is 0 Å². The molecule has 37 heavy (non-hydrogen) atoms. The fourth-order valence-corrected chi connectivity index (χ4v) is 5.35. The van der Waals surface area contributed by atoms with Crippen molar-refractivity contribution < 1.29 is 4.79 Å². The Morgan fingerprint density at radius 3 is 2.35 bits per heavy atom. The lowest BCUT2D eigenvalue weighted by Gasteiger charge is -2.20. The summed E-state index contributed by atoms with van der Waals surface area (Å²) >= 11 is 0. The molecule has 0 fully saturated rings. The van der Waals surface area contributed by atoms with Gasteiger partial charge in [-0.1, -0.05) is 86.5 Å². The van der Waals surface area contributed by atoms with Crippen LogP contribution in [0, 0.1) is 0 Å². The maximum Gasteiger partial charge on any atom is 0.256 e. The largest absolute Gasteiger partial charge is 0.320 e. The molecule has 0 saturated carbocycles. The fraction of sp³-hybridized carbons (Fsp3) is 0.294. The first-order valence-electron chi connectivity index (χ1n) is 13.7. The fourth-order valence-electron chi connectivity index (χ4n) is 5.35. The molecule has 4 aliphatic carbocycles. The molecule has 3 heteroatoms. The lowest BCUT2D eigenvalue weighted by molar-refractivity contribution is 0.102. The summed E-state index contributed by atoms with van der Waals surface area (Å²) in [4.78, 5) is 18.6. The molecular formula is C34H36N2O. The van der Waals surface area contributed by atoms with Gasteiger partial charge in [-0.25, -0.2) is 0 Å². The maximum atomic E-state index is 14.0. The lowest BCUT2D eigenvalue weighted by Crippen LogP contribution is -2.19. The Morgan fingerprint density at radius 1 is 0.838 bits per heavy atom. The van der Waals surface area contributed by atoms with Gasteiger partial charge < -0.3 is 5.32 Å². The number of nitrogens with zero attached hydrogens (tertiary/aromatic N) is 1. The molecule has 188 valence electrons. The third kappa shape index (κ3) is 5.99. The summed E-state index contributed by atoms with van der Waals surface area (Å²) in [5, 5.41) is 4.27. The van der Waals surface area contributed by atoms with E-state index in [0.717, 1.165) is 66.2 Å². The zero-order chi connectivity index (χ0) is 25.5. The normalized spacial score (nSPS) is 13.1. The summed E-state index contributed by atoms with van der Waals surface area (Å²) in [5.74, 6) is -0.0321. The SMILES string of the molecule is CCCCC/C=C/Cc1c2ccc(c1C(=O)Nc1cccc3cccnc13)CCc1ccc(cc1)CC2. The molecule has 4 aliphatic rings. The Labute approximate surface area is 220 Å². The van der Waals surface area contributed by atoms with E-state index in [1.165, 1.54) is 41.5 Å². The van der Waals surface area contributed by atoms with Crippen LogP contribution in [-0.4, -0.2) is 10.9 Å². The van der Waals surface area contributed by atoms with Crippen molar-refractivity contribution in [3.63, 3.8) is 0 Å². The number of carbonyl (C=O) groups is 1. The third-order valence-corrected chi connectivity index (χ3v) is 7.46. The summed E-state index contributed by atoms with van der Waals surface area (Å²) in [7, 11) is 0. The van der Waals surface area contributed by atoms with E-state index in [1.807, 2.05) is 30.3 Å². The van der Waals surface area contributed by atoms with Crippen LogP contribution < -0.4 is 5.32 Å². The molecule has 0 saturated heterocycles. The highest BCUT2D eigenvalue weighted by molar-refractivity contribution is 6.10. The van der Waals surface area contributed by atoms with Crippen LogP contribution in [0.15, 0.2) is 85.1 Å². The van der Waals surface area contributed by atoms with Gasteiger partial charge in [0.15, 0.2) is 0 Å². The minimum absolute atomic E-state index is 0.0321. The number of nitrogens with one attached hydrogen (secondary N) is 1. The van der Waals surface area contributed by atoms with Crippen molar-refractivity contribution in [3.8, 4) is 0 Å².